The molecule has 0 bridgehead atoms. The van der Waals surface area contributed by atoms with E-state index < -0.39 is 22.9 Å². The fraction of sp³-hybridized carbons (Fsp3) is 0.273. The number of hydrogen-bond donors (Lipinski definition) is 0. The number of rotatable bonds is 6. The molecule has 0 saturated carbocycles. The summed E-state index contributed by atoms with van der Waals surface area (Å²) in [6.07, 6.45) is 1.03. The second kappa shape index (κ2) is 8.84. The lowest BCUT2D eigenvalue weighted by Gasteiger charge is -2.18. The molecule has 2 heterocycles. The van der Waals surface area contributed by atoms with Crippen LogP contribution in [0.25, 0.3) is 16.7 Å². The van der Waals surface area contributed by atoms with Crippen LogP contribution in [0.4, 0.5) is 13.2 Å². The molecule has 10 heteroatoms. The average molecular weight is 467 g/mol. The lowest BCUT2D eigenvalue weighted by molar-refractivity contribution is -0.141. The first-order valence-corrected chi connectivity index (χ1v) is 10.1. The highest BCUT2D eigenvalue weighted by atomic mass is 35.5. The number of nitrogens with zero attached hydrogens (tertiary/aromatic N) is 2. The van der Waals surface area contributed by atoms with E-state index in [9.17, 15) is 18.0 Å². The molecule has 1 atom stereocenters. The highest BCUT2D eigenvalue weighted by Crippen LogP contribution is 2.32. The number of methoxy groups -OCH3 is 1. The largest absolute Gasteiger partial charge is 0.487 e. The first-order chi connectivity index (χ1) is 15.3. The number of allylic oxidation sites excluding steroid dienone is 4. The monoisotopic (exact) mass is 466 g/mol. The van der Waals surface area contributed by atoms with Crippen molar-refractivity contribution in [1.82, 2.24) is 9.78 Å². The Morgan fingerprint density at radius 2 is 2.06 bits per heavy atom. The molecule has 1 unspecified atom stereocenters. The van der Waals surface area contributed by atoms with Gasteiger partial charge in [-0.1, -0.05) is 12.2 Å². The number of fused-ring (bicyclic) bond motifs is 1. The summed E-state index contributed by atoms with van der Waals surface area (Å²) in [6.45, 7) is 0.0199. The summed E-state index contributed by atoms with van der Waals surface area (Å²) in [5.41, 5.74) is -0.0310. The number of halogens is 4. The molecular formula is C22H18ClF3N2O4. The minimum atomic E-state index is -4.61. The summed E-state index contributed by atoms with van der Waals surface area (Å²) >= 11 is 6.30. The summed E-state index contributed by atoms with van der Waals surface area (Å²) in [7, 11) is 1.51. The molecule has 0 amide bonds. The number of benzene rings is 1. The topological polar surface area (TPSA) is 66.5 Å². The fourth-order valence-electron chi connectivity index (χ4n) is 3.41. The van der Waals surface area contributed by atoms with Gasteiger partial charge in [-0.2, -0.15) is 18.3 Å². The zero-order valence-electron chi connectivity index (χ0n) is 16.9. The Morgan fingerprint density at radius 1 is 1.25 bits per heavy atom. The van der Waals surface area contributed by atoms with Crippen LogP contribution in [0.5, 0.6) is 5.75 Å². The van der Waals surface area contributed by atoms with Crippen LogP contribution < -0.4 is 10.4 Å². The Balaban J connectivity index is 1.65. The van der Waals surface area contributed by atoms with Crippen LogP contribution in [0, 0.1) is 0 Å². The Kier molecular flexibility index (Phi) is 6.12. The van der Waals surface area contributed by atoms with Gasteiger partial charge in [0.25, 0.3) is 0 Å². The van der Waals surface area contributed by atoms with Gasteiger partial charge in [0, 0.05) is 24.6 Å². The Bertz CT molecular complexity index is 1260. The van der Waals surface area contributed by atoms with Gasteiger partial charge in [-0.05, 0) is 36.3 Å². The molecular weight excluding hydrogens is 449 g/mol. The lowest BCUT2D eigenvalue weighted by atomic mass is 10.1. The van der Waals surface area contributed by atoms with Crippen LogP contribution >= 0.6 is 11.6 Å². The first-order valence-electron chi connectivity index (χ1n) is 9.62. The fourth-order valence-corrected chi connectivity index (χ4v) is 3.68. The van der Waals surface area contributed by atoms with Crippen molar-refractivity contribution in [1.29, 1.82) is 0 Å². The SMILES string of the molecule is COCc1cc(=O)oc2cc(OCc3cc(C(F)(F)F)nn3C3=CC=CCC3Cl)ccc12. The molecule has 3 aromatic rings. The van der Waals surface area contributed by atoms with Crippen molar-refractivity contribution in [2.75, 3.05) is 7.11 Å². The molecule has 0 fully saturated rings. The van der Waals surface area contributed by atoms with E-state index in [0.29, 0.717) is 28.8 Å². The zero-order chi connectivity index (χ0) is 22.9. The molecule has 0 N–H and O–H groups in total. The average Bonchev–Trinajstić information content (AvgIpc) is 3.17. The smallest absolute Gasteiger partial charge is 0.435 e. The summed E-state index contributed by atoms with van der Waals surface area (Å²) in [6, 6.07) is 7.12. The van der Waals surface area contributed by atoms with Gasteiger partial charge < -0.3 is 13.9 Å². The third-order valence-electron chi connectivity index (χ3n) is 4.87. The van der Waals surface area contributed by atoms with Crippen molar-refractivity contribution in [3.63, 3.8) is 0 Å². The van der Waals surface area contributed by atoms with Crippen molar-refractivity contribution in [3.8, 4) is 5.75 Å². The number of alkyl halides is 4. The molecule has 0 saturated heterocycles. The van der Waals surface area contributed by atoms with E-state index in [2.05, 4.69) is 5.10 Å². The summed E-state index contributed by atoms with van der Waals surface area (Å²) in [4.78, 5) is 11.8. The van der Waals surface area contributed by atoms with E-state index in [4.69, 9.17) is 25.5 Å². The molecule has 1 aliphatic carbocycles. The molecule has 6 nitrogen and oxygen atoms in total. The Hall–Kier alpha value is -3.04. The van der Waals surface area contributed by atoms with Crippen molar-refractivity contribution in [2.24, 2.45) is 0 Å². The predicted octanol–water partition coefficient (Wildman–Crippen LogP) is 5.14. The Labute approximate surface area is 185 Å². The lowest BCUT2D eigenvalue weighted by Crippen LogP contribution is -2.16. The van der Waals surface area contributed by atoms with Crippen LogP contribution in [-0.4, -0.2) is 22.3 Å². The molecule has 1 aromatic carbocycles. The van der Waals surface area contributed by atoms with Crippen LogP contribution in [0.2, 0.25) is 0 Å². The van der Waals surface area contributed by atoms with Gasteiger partial charge in [0.15, 0.2) is 5.69 Å². The molecule has 0 spiro atoms. The van der Waals surface area contributed by atoms with Crippen molar-refractivity contribution < 1.29 is 27.1 Å². The van der Waals surface area contributed by atoms with E-state index in [1.165, 1.54) is 23.9 Å². The second-order valence-electron chi connectivity index (χ2n) is 7.12. The molecule has 168 valence electrons. The van der Waals surface area contributed by atoms with Crippen LogP contribution in [0.1, 0.15) is 23.4 Å². The van der Waals surface area contributed by atoms with Crippen LogP contribution in [-0.2, 0) is 24.1 Å². The first kappa shape index (κ1) is 22.2. The quantitative estimate of drug-likeness (QED) is 0.371. The van der Waals surface area contributed by atoms with Gasteiger partial charge in [-0.25, -0.2) is 9.48 Å². The molecule has 0 aliphatic heterocycles. The Morgan fingerprint density at radius 3 is 2.78 bits per heavy atom. The van der Waals surface area contributed by atoms with Gasteiger partial charge in [-0.15, -0.1) is 11.6 Å². The molecule has 4 rings (SSSR count). The van der Waals surface area contributed by atoms with Gasteiger partial charge >= 0.3 is 11.8 Å². The highest BCUT2D eigenvalue weighted by Gasteiger charge is 2.36. The predicted molar refractivity (Wildman–Crippen MR) is 112 cm³/mol. The zero-order valence-corrected chi connectivity index (χ0v) is 17.6. The van der Waals surface area contributed by atoms with Gasteiger partial charge in [0.1, 0.15) is 17.9 Å². The van der Waals surface area contributed by atoms with Crippen LogP contribution in [0.15, 0.2) is 57.8 Å². The molecule has 32 heavy (non-hydrogen) atoms. The van der Waals surface area contributed by atoms with Crippen molar-refractivity contribution in [3.05, 3.63) is 75.9 Å². The normalized spacial score (nSPS) is 16.4. The summed E-state index contributed by atoms with van der Waals surface area (Å²) in [5.74, 6) is 0.316. The van der Waals surface area contributed by atoms with E-state index in [0.717, 1.165) is 6.07 Å². The molecule has 0 radical (unpaired) electrons. The van der Waals surface area contributed by atoms with Gasteiger partial charge in [0.05, 0.1) is 23.4 Å². The number of aromatic nitrogens is 2. The third kappa shape index (κ3) is 4.58. The van der Waals surface area contributed by atoms with Crippen molar-refractivity contribution in [2.45, 2.75) is 31.2 Å². The van der Waals surface area contributed by atoms with E-state index in [1.54, 1.807) is 24.3 Å². The maximum absolute atomic E-state index is 13.3. The van der Waals surface area contributed by atoms with E-state index in [1.807, 2.05) is 6.08 Å². The molecule has 1 aliphatic rings. The summed E-state index contributed by atoms with van der Waals surface area (Å²) in [5, 5.41) is 3.87. The van der Waals surface area contributed by atoms with Crippen molar-refractivity contribution >= 4 is 28.3 Å². The number of hydrogen-bond acceptors (Lipinski definition) is 5. The van der Waals surface area contributed by atoms with E-state index in [-0.39, 0.29) is 24.5 Å². The highest BCUT2D eigenvalue weighted by molar-refractivity contribution is 6.25. The van der Waals surface area contributed by atoms with Gasteiger partial charge in [0.2, 0.25) is 0 Å². The minimum absolute atomic E-state index is 0.180. The maximum atomic E-state index is 13.3. The third-order valence-corrected chi connectivity index (χ3v) is 5.28. The number of ether oxygens (including phenoxy) is 2. The van der Waals surface area contributed by atoms with E-state index >= 15 is 0 Å². The van der Waals surface area contributed by atoms with Gasteiger partial charge in [-0.3, -0.25) is 0 Å². The standard InChI is InChI=1S/C22H18ClF3N2O4/c1-30-11-13-8-21(29)32-19-10-15(6-7-16(13)19)31-12-14-9-20(22(24,25)26)27-28(14)18-5-3-2-4-17(18)23/h2-3,5-10,17H,4,11-12H2,1H3. The maximum Gasteiger partial charge on any atom is 0.435 e. The summed E-state index contributed by atoms with van der Waals surface area (Å²) < 4.78 is 57.1. The minimum Gasteiger partial charge on any atom is -0.487 e. The van der Waals surface area contributed by atoms with Crippen LogP contribution in [0.3, 0.4) is 0 Å². The molecule has 2 aromatic heterocycles. The second-order valence-corrected chi connectivity index (χ2v) is 7.65.